The van der Waals surface area contributed by atoms with E-state index in [-0.39, 0.29) is 11.8 Å². The highest BCUT2D eigenvalue weighted by molar-refractivity contribution is 6.35. The van der Waals surface area contributed by atoms with Crippen molar-refractivity contribution in [3.63, 3.8) is 0 Å². The average molecular weight is 450 g/mol. The fourth-order valence-electron chi connectivity index (χ4n) is 3.90. The summed E-state index contributed by atoms with van der Waals surface area (Å²) in [5.41, 5.74) is 6.35. The van der Waals surface area contributed by atoms with Crippen LogP contribution in [0.2, 0.25) is 10.0 Å². The molecule has 1 amide bonds. The molecule has 0 aromatic heterocycles. The number of nitrogens with one attached hydrogen (secondary N) is 1. The second kappa shape index (κ2) is 9.25. The van der Waals surface area contributed by atoms with Crippen LogP contribution in [0.5, 0.6) is 0 Å². The van der Waals surface area contributed by atoms with Gasteiger partial charge in [-0.2, -0.15) is 0 Å². The minimum atomic E-state index is -0.715. The van der Waals surface area contributed by atoms with Crippen LogP contribution in [-0.4, -0.2) is 44.0 Å². The highest BCUT2D eigenvalue weighted by Crippen LogP contribution is 2.46. The number of hydrogen-bond donors (Lipinski definition) is 1. The van der Waals surface area contributed by atoms with E-state index in [0.717, 1.165) is 17.7 Å². The summed E-state index contributed by atoms with van der Waals surface area (Å²) in [7, 11) is 5.37. The number of hydrazine groups is 1. The number of fused-ring (bicyclic) bond motifs is 1. The molecule has 1 heterocycles. The maximum atomic E-state index is 12.6. The third-order valence-electron chi connectivity index (χ3n) is 5.08. The van der Waals surface area contributed by atoms with Crippen LogP contribution in [-0.2, 0) is 20.9 Å². The van der Waals surface area contributed by atoms with Gasteiger partial charge in [0.05, 0.1) is 12.8 Å². The molecular formula is C22H25Cl2N3O3. The van der Waals surface area contributed by atoms with Crippen LogP contribution in [0.4, 0.5) is 5.69 Å². The number of nitrogens with zero attached hydrogens (tertiary/aromatic N) is 2. The Hall–Kier alpha value is -2.28. The SMILES string of the molecule is COC(=O)[C@@H]1C[C@@H](c2ccc(CN(C)C)cc2)c2c(Cl)cc(Cl)cc2N1NC(C)=O. The van der Waals surface area contributed by atoms with Gasteiger partial charge in [-0.25, -0.2) is 4.79 Å². The number of esters is 1. The number of ether oxygens (including phenoxy) is 1. The third-order valence-corrected chi connectivity index (χ3v) is 5.61. The van der Waals surface area contributed by atoms with Gasteiger partial charge in [0.2, 0.25) is 5.91 Å². The molecule has 1 aliphatic rings. The molecule has 6 nitrogen and oxygen atoms in total. The Labute approximate surface area is 186 Å². The Morgan fingerprint density at radius 1 is 1.20 bits per heavy atom. The number of amides is 1. The van der Waals surface area contributed by atoms with Crippen molar-refractivity contribution in [2.45, 2.75) is 31.8 Å². The van der Waals surface area contributed by atoms with Crippen LogP contribution in [0.25, 0.3) is 0 Å². The van der Waals surface area contributed by atoms with Crippen molar-refractivity contribution in [2.75, 3.05) is 26.2 Å². The first kappa shape index (κ1) is 22.4. The highest BCUT2D eigenvalue weighted by Gasteiger charge is 2.40. The summed E-state index contributed by atoms with van der Waals surface area (Å²) in [5.74, 6) is -0.913. The van der Waals surface area contributed by atoms with Crippen molar-refractivity contribution < 1.29 is 14.3 Å². The predicted octanol–water partition coefficient (Wildman–Crippen LogP) is 3.99. The molecule has 3 rings (SSSR count). The summed E-state index contributed by atoms with van der Waals surface area (Å²) < 4.78 is 5.02. The van der Waals surface area contributed by atoms with Crippen LogP contribution in [0.15, 0.2) is 36.4 Å². The summed E-state index contributed by atoms with van der Waals surface area (Å²) >= 11 is 12.9. The largest absolute Gasteiger partial charge is 0.467 e. The van der Waals surface area contributed by atoms with E-state index >= 15 is 0 Å². The second-order valence-electron chi connectivity index (χ2n) is 7.67. The standard InChI is InChI=1S/C22H25Cl2N3O3/c1-13(28)25-27-19-10-16(23)9-18(24)21(19)17(11-20(27)22(29)30-4)15-7-5-14(6-8-15)12-26(2)3/h5-10,17,20H,11-12H2,1-4H3,(H,25,28)/t17-,20-/m0/s1. The molecule has 1 aliphatic heterocycles. The summed E-state index contributed by atoms with van der Waals surface area (Å²) in [6, 6.07) is 10.9. The molecule has 0 saturated carbocycles. The van der Waals surface area contributed by atoms with Gasteiger partial charge in [-0.1, -0.05) is 47.5 Å². The lowest BCUT2D eigenvalue weighted by Gasteiger charge is -2.41. The maximum absolute atomic E-state index is 12.6. The lowest BCUT2D eigenvalue weighted by molar-refractivity contribution is -0.142. The second-order valence-corrected chi connectivity index (χ2v) is 8.51. The minimum Gasteiger partial charge on any atom is -0.467 e. The lowest BCUT2D eigenvalue weighted by atomic mass is 9.81. The van der Waals surface area contributed by atoms with Crippen molar-refractivity contribution in [2.24, 2.45) is 0 Å². The monoisotopic (exact) mass is 449 g/mol. The molecule has 0 spiro atoms. The molecule has 0 aliphatic carbocycles. The van der Waals surface area contributed by atoms with Gasteiger partial charge in [-0.15, -0.1) is 0 Å². The van der Waals surface area contributed by atoms with Gasteiger partial charge in [0.25, 0.3) is 0 Å². The Balaban J connectivity index is 2.12. The van der Waals surface area contributed by atoms with Crippen molar-refractivity contribution >= 4 is 40.8 Å². The van der Waals surface area contributed by atoms with E-state index in [2.05, 4.69) is 34.6 Å². The minimum absolute atomic E-state index is 0.160. The zero-order chi connectivity index (χ0) is 22.0. The molecule has 2 aromatic carbocycles. The molecule has 0 saturated heterocycles. The summed E-state index contributed by atoms with van der Waals surface area (Å²) in [6.45, 7) is 2.22. The Bertz CT molecular complexity index is 947. The van der Waals surface area contributed by atoms with E-state index in [1.165, 1.54) is 24.6 Å². The molecule has 1 N–H and O–H groups in total. The van der Waals surface area contributed by atoms with Crippen LogP contribution >= 0.6 is 23.2 Å². The molecule has 160 valence electrons. The smallest absolute Gasteiger partial charge is 0.330 e. The normalized spacial score (nSPS) is 18.2. The fourth-order valence-corrected chi connectivity index (χ4v) is 4.51. The summed E-state index contributed by atoms with van der Waals surface area (Å²) in [4.78, 5) is 26.6. The van der Waals surface area contributed by atoms with Gasteiger partial charge in [0.15, 0.2) is 0 Å². The number of carbonyl (C=O) groups excluding carboxylic acids is 2. The molecule has 0 fully saturated rings. The molecular weight excluding hydrogens is 425 g/mol. The predicted molar refractivity (Wildman–Crippen MR) is 119 cm³/mol. The summed E-state index contributed by atoms with van der Waals surface area (Å²) in [5, 5.41) is 2.41. The Kier molecular flexibility index (Phi) is 6.91. The van der Waals surface area contributed by atoms with Gasteiger partial charge in [-0.3, -0.25) is 15.2 Å². The van der Waals surface area contributed by atoms with Crippen LogP contribution < -0.4 is 10.4 Å². The molecule has 0 unspecified atom stereocenters. The van der Waals surface area contributed by atoms with Crippen molar-refractivity contribution in [3.05, 3.63) is 63.1 Å². The van der Waals surface area contributed by atoms with E-state index in [1.807, 2.05) is 14.1 Å². The van der Waals surface area contributed by atoms with Crippen LogP contribution in [0.1, 0.15) is 36.0 Å². The van der Waals surface area contributed by atoms with E-state index in [1.54, 1.807) is 12.1 Å². The highest BCUT2D eigenvalue weighted by atomic mass is 35.5. The number of carbonyl (C=O) groups is 2. The first-order valence-electron chi connectivity index (χ1n) is 9.58. The van der Waals surface area contributed by atoms with Gasteiger partial charge >= 0.3 is 5.97 Å². The Morgan fingerprint density at radius 2 is 1.87 bits per heavy atom. The van der Waals surface area contributed by atoms with Crippen molar-refractivity contribution in [3.8, 4) is 0 Å². The van der Waals surface area contributed by atoms with E-state index in [9.17, 15) is 9.59 Å². The topological polar surface area (TPSA) is 61.9 Å². The molecule has 0 radical (unpaired) electrons. The first-order valence-corrected chi connectivity index (χ1v) is 10.3. The number of rotatable bonds is 5. The van der Waals surface area contributed by atoms with E-state index < -0.39 is 12.0 Å². The average Bonchev–Trinajstić information content (AvgIpc) is 2.67. The van der Waals surface area contributed by atoms with Gasteiger partial charge in [0.1, 0.15) is 6.04 Å². The maximum Gasteiger partial charge on any atom is 0.330 e. The zero-order valence-corrected chi connectivity index (χ0v) is 18.9. The van der Waals surface area contributed by atoms with E-state index in [0.29, 0.717) is 22.2 Å². The van der Waals surface area contributed by atoms with Gasteiger partial charge in [0, 0.05) is 35.0 Å². The first-order chi connectivity index (χ1) is 14.2. The summed E-state index contributed by atoms with van der Waals surface area (Å²) in [6.07, 6.45) is 0.397. The molecule has 2 atom stereocenters. The quantitative estimate of drug-likeness (QED) is 0.699. The van der Waals surface area contributed by atoms with E-state index in [4.69, 9.17) is 27.9 Å². The van der Waals surface area contributed by atoms with Gasteiger partial charge < -0.3 is 9.64 Å². The third kappa shape index (κ3) is 4.72. The van der Waals surface area contributed by atoms with Crippen LogP contribution in [0, 0.1) is 0 Å². The number of hydrogen-bond acceptors (Lipinski definition) is 5. The molecule has 2 aromatic rings. The van der Waals surface area contributed by atoms with Gasteiger partial charge in [-0.05, 0) is 43.8 Å². The number of methoxy groups -OCH3 is 1. The Morgan fingerprint density at radius 3 is 2.43 bits per heavy atom. The number of halogens is 2. The van der Waals surface area contributed by atoms with Crippen molar-refractivity contribution in [1.82, 2.24) is 10.3 Å². The lowest BCUT2D eigenvalue weighted by Crippen LogP contribution is -2.55. The molecule has 30 heavy (non-hydrogen) atoms. The number of anilines is 1. The van der Waals surface area contributed by atoms with Crippen LogP contribution in [0.3, 0.4) is 0 Å². The fraction of sp³-hybridized carbons (Fsp3) is 0.364. The molecule has 0 bridgehead atoms. The molecule has 8 heteroatoms. The zero-order valence-electron chi connectivity index (χ0n) is 17.4. The number of benzene rings is 2. The van der Waals surface area contributed by atoms with Crippen molar-refractivity contribution in [1.29, 1.82) is 0 Å².